The molecule has 0 spiro atoms. The van der Waals surface area contributed by atoms with Gasteiger partial charge in [0, 0.05) is 11.8 Å². The Balaban J connectivity index is 1.93. The van der Waals surface area contributed by atoms with E-state index in [1.165, 1.54) is 12.1 Å². The van der Waals surface area contributed by atoms with Gasteiger partial charge in [-0.25, -0.2) is 9.78 Å². The number of halogens is 1. The Kier molecular flexibility index (Phi) is 3.82. The van der Waals surface area contributed by atoms with Crippen molar-refractivity contribution in [2.75, 3.05) is 0 Å². The maximum absolute atomic E-state index is 12.9. The van der Waals surface area contributed by atoms with Gasteiger partial charge < -0.3 is 14.6 Å². The smallest absolute Gasteiger partial charge is 0.349 e. The van der Waals surface area contributed by atoms with E-state index < -0.39 is 5.63 Å². The Morgan fingerprint density at radius 1 is 0.966 bits per heavy atom. The molecule has 5 rings (SSSR count). The molecule has 0 fully saturated rings. The zero-order chi connectivity index (χ0) is 20.1. The van der Waals surface area contributed by atoms with Crippen LogP contribution in [0.4, 0.5) is 0 Å². The highest BCUT2D eigenvalue weighted by molar-refractivity contribution is 6.30. The van der Waals surface area contributed by atoms with Crippen molar-refractivity contribution in [1.29, 1.82) is 0 Å². The fourth-order valence-corrected chi connectivity index (χ4v) is 3.58. The van der Waals surface area contributed by atoms with Gasteiger partial charge in [-0.05, 0) is 48.5 Å². The van der Waals surface area contributed by atoms with E-state index in [0.29, 0.717) is 33.0 Å². The summed E-state index contributed by atoms with van der Waals surface area (Å²) < 4.78 is 7.10. The minimum Gasteiger partial charge on any atom is -0.508 e. The maximum atomic E-state index is 12.9. The SMILES string of the molecule is O=c1oc2ccccc2c(O)c1-c1c(-c2ccc(O)cc2)nc2ccc(Cl)cn12. The number of hydrogen-bond acceptors (Lipinski definition) is 5. The van der Waals surface area contributed by atoms with Crippen LogP contribution in [0.5, 0.6) is 11.5 Å². The van der Waals surface area contributed by atoms with E-state index in [1.807, 2.05) is 0 Å². The number of benzene rings is 2. The lowest BCUT2D eigenvalue weighted by molar-refractivity contribution is 0.470. The number of para-hydroxylation sites is 1. The first-order chi connectivity index (χ1) is 14.0. The van der Waals surface area contributed by atoms with Gasteiger partial charge in [0.1, 0.15) is 28.3 Å². The number of aromatic hydroxyl groups is 2. The van der Waals surface area contributed by atoms with E-state index in [2.05, 4.69) is 4.98 Å². The second-order valence-electron chi connectivity index (χ2n) is 6.54. The van der Waals surface area contributed by atoms with Crippen LogP contribution in [0.1, 0.15) is 0 Å². The van der Waals surface area contributed by atoms with E-state index in [4.69, 9.17) is 16.0 Å². The first kappa shape index (κ1) is 17.3. The van der Waals surface area contributed by atoms with Crippen LogP contribution in [-0.4, -0.2) is 19.6 Å². The monoisotopic (exact) mass is 404 g/mol. The Bertz CT molecular complexity index is 1450. The molecule has 0 aliphatic carbocycles. The second kappa shape index (κ2) is 6.39. The Morgan fingerprint density at radius 3 is 2.52 bits per heavy atom. The number of rotatable bonds is 2. The van der Waals surface area contributed by atoms with Gasteiger partial charge in [0.25, 0.3) is 0 Å². The average Bonchev–Trinajstić information content (AvgIpc) is 3.07. The molecule has 0 amide bonds. The molecule has 29 heavy (non-hydrogen) atoms. The number of imidazole rings is 1. The van der Waals surface area contributed by atoms with Crippen LogP contribution >= 0.6 is 11.6 Å². The molecule has 6 nitrogen and oxygen atoms in total. The van der Waals surface area contributed by atoms with Crippen molar-refractivity contribution in [2.45, 2.75) is 0 Å². The van der Waals surface area contributed by atoms with Crippen LogP contribution in [0.25, 0.3) is 39.1 Å². The van der Waals surface area contributed by atoms with E-state index in [1.54, 1.807) is 59.1 Å². The molecule has 0 saturated carbocycles. The number of nitrogens with zero attached hydrogens (tertiary/aromatic N) is 2. The zero-order valence-corrected chi connectivity index (χ0v) is 15.6. The van der Waals surface area contributed by atoms with Crippen molar-refractivity contribution in [3.8, 4) is 34.0 Å². The van der Waals surface area contributed by atoms with E-state index in [-0.39, 0.29) is 22.6 Å². The molecule has 0 atom stereocenters. The summed E-state index contributed by atoms with van der Waals surface area (Å²) in [5.74, 6) is -0.0890. The number of phenols is 1. The zero-order valence-electron chi connectivity index (χ0n) is 14.8. The summed E-state index contributed by atoms with van der Waals surface area (Å²) in [6.07, 6.45) is 1.62. The van der Waals surface area contributed by atoms with Crippen LogP contribution in [0, 0.1) is 0 Å². The number of hydrogen-bond donors (Lipinski definition) is 2. The van der Waals surface area contributed by atoms with Gasteiger partial charge in [-0.2, -0.15) is 0 Å². The van der Waals surface area contributed by atoms with Gasteiger partial charge in [0.05, 0.1) is 21.8 Å². The predicted octanol–water partition coefficient (Wildman–Crippen LogP) is 4.84. The molecule has 3 aromatic heterocycles. The predicted molar refractivity (Wildman–Crippen MR) is 110 cm³/mol. The highest BCUT2D eigenvalue weighted by atomic mass is 35.5. The minimum absolute atomic E-state index is 0.0125. The van der Waals surface area contributed by atoms with Gasteiger partial charge in [-0.3, -0.25) is 4.40 Å². The molecule has 7 heteroatoms. The van der Waals surface area contributed by atoms with E-state index in [9.17, 15) is 15.0 Å². The number of aromatic nitrogens is 2. The largest absolute Gasteiger partial charge is 0.508 e. The second-order valence-corrected chi connectivity index (χ2v) is 6.98. The quantitative estimate of drug-likeness (QED) is 0.411. The van der Waals surface area contributed by atoms with Gasteiger partial charge in [0.15, 0.2) is 0 Å². The van der Waals surface area contributed by atoms with Gasteiger partial charge in [-0.1, -0.05) is 23.7 Å². The summed E-state index contributed by atoms with van der Waals surface area (Å²) in [5, 5.41) is 21.5. The normalized spacial score (nSPS) is 11.3. The van der Waals surface area contributed by atoms with Crippen molar-refractivity contribution in [3.05, 3.63) is 82.3 Å². The lowest BCUT2D eigenvalue weighted by Crippen LogP contribution is -2.06. The fourth-order valence-electron chi connectivity index (χ4n) is 3.42. The summed E-state index contributed by atoms with van der Waals surface area (Å²) in [6.45, 7) is 0. The summed E-state index contributed by atoms with van der Waals surface area (Å²) in [5.41, 5.74) is 1.58. The van der Waals surface area contributed by atoms with Gasteiger partial charge in [-0.15, -0.1) is 0 Å². The van der Waals surface area contributed by atoms with Gasteiger partial charge >= 0.3 is 5.63 Å². The number of fused-ring (bicyclic) bond motifs is 2. The highest BCUT2D eigenvalue weighted by Gasteiger charge is 2.24. The fraction of sp³-hybridized carbons (Fsp3) is 0. The molecule has 0 bridgehead atoms. The standard InChI is InChI=1S/C22H13ClN2O4/c23-13-7-10-17-24-19(12-5-8-14(26)9-6-12)20(25(17)11-13)18-21(27)15-3-1-2-4-16(15)29-22(18)28/h1-11,26-27H. The van der Waals surface area contributed by atoms with Crippen LogP contribution in [-0.2, 0) is 0 Å². The molecule has 0 aliphatic heterocycles. The van der Waals surface area contributed by atoms with Crippen LogP contribution in [0.15, 0.2) is 76.1 Å². The van der Waals surface area contributed by atoms with Crippen molar-refractivity contribution < 1.29 is 14.6 Å². The minimum atomic E-state index is -0.692. The highest BCUT2D eigenvalue weighted by Crippen LogP contribution is 2.39. The number of phenolic OH excluding ortho intramolecular Hbond substituents is 1. The topological polar surface area (TPSA) is 88.0 Å². The molecule has 0 unspecified atom stereocenters. The Labute approximate surface area is 168 Å². The third kappa shape index (κ3) is 2.73. The first-order valence-electron chi connectivity index (χ1n) is 8.75. The van der Waals surface area contributed by atoms with E-state index in [0.717, 1.165) is 0 Å². The van der Waals surface area contributed by atoms with Crippen LogP contribution in [0.3, 0.4) is 0 Å². The summed E-state index contributed by atoms with van der Waals surface area (Å²) in [6, 6.07) is 16.6. The molecule has 2 aromatic carbocycles. The van der Waals surface area contributed by atoms with Crippen LogP contribution in [0.2, 0.25) is 5.02 Å². The summed E-state index contributed by atoms with van der Waals surface area (Å²) >= 11 is 6.18. The molecular weight excluding hydrogens is 392 g/mol. The average molecular weight is 405 g/mol. The molecule has 3 heterocycles. The molecule has 2 N–H and O–H groups in total. The van der Waals surface area contributed by atoms with E-state index >= 15 is 0 Å². The molecular formula is C22H13ClN2O4. The lowest BCUT2D eigenvalue weighted by Gasteiger charge is -2.09. The van der Waals surface area contributed by atoms with Crippen molar-refractivity contribution in [1.82, 2.24) is 9.38 Å². The summed E-state index contributed by atoms with van der Waals surface area (Å²) in [4.78, 5) is 17.5. The van der Waals surface area contributed by atoms with Gasteiger partial charge in [0.2, 0.25) is 0 Å². The van der Waals surface area contributed by atoms with Crippen molar-refractivity contribution >= 4 is 28.2 Å². The third-order valence-electron chi connectivity index (χ3n) is 4.75. The number of pyridine rings is 1. The molecule has 0 radical (unpaired) electrons. The first-order valence-corrected chi connectivity index (χ1v) is 9.13. The molecule has 0 aliphatic rings. The maximum Gasteiger partial charge on any atom is 0.349 e. The lowest BCUT2D eigenvalue weighted by atomic mass is 10.0. The summed E-state index contributed by atoms with van der Waals surface area (Å²) in [7, 11) is 0. The molecule has 142 valence electrons. The third-order valence-corrected chi connectivity index (χ3v) is 4.97. The molecule has 5 aromatic rings. The molecule has 0 saturated heterocycles. The Morgan fingerprint density at radius 2 is 1.72 bits per heavy atom. The van der Waals surface area contributed by atoms with Crippen molar-refractivity contribution in [2.24, 2.45) is 0 Å². The van der Waals surface area contributed by atoms with Crippen LogP contribution < -0.4 is 5.63 Å². The Hall–Kier alpha value is -3.77. The van der Waals surface area contributed by atoms with Crippen molar-refractivity contribution in [3.63, 3.8) is 0 Å².